The average molecular weight is 138 g/mol. The van der Waals surface area contributed by atoms with Crippen molar-refractivity contribution in [2.24, 2.45) is 0 Å². The molecule has 0 atom stereocenters. The minimum atomic E-state index is -0.594. The molecule has 0 aliphatic rings. The molecule has 2 N–H and O–H groups in total. The van der Waals surface area contributed by atoms with Crippen LogP contribution in [-0.4, -0.2) is 9.91 Å². The Balaban J connectivity index is 3.07. The van der Waals surface area contributed by atoms with E-state index in [-0.39, 0.29) is 11.4 Å². The Morgan fingerprint density at radius 1 is 1.80 bits per heavy atom. The fraction of sp³-hybridized carbons (Fsp3) is 0. The highest BCUT2D eigenvalue weighted by molar-refractivity contribution is 5.42. The highest BCUT2D eigenvalue weighted by Gasteiger charge is 2.04. The van der Waals surface area contributed by atoms with Gasteiger partial charge in [-0.3, -0.25) is 10.1 Å². The third-order valence-electron chi connectivity index (χ3n) is 0.893. The van der Waals surface area contributed by atoms with Crippen LogP contribution >= 0.6 is 0 Å². The van der Waals surface area contributed by atoms with Crippen LogP contribution in [0, 0.1) is 16.3 Å². The van der Waals surface area contributed by atoms with E-state index in [1.165, 1.54) is 12.3 Å². The van der Waals surface area contributed by atoms with Crippen LogP contribution in [-0.2, 0) is 0 Å². The molecular formula is C5H4N3O2. The number of hydrogen-bond donors (Lipinski definition) is 1. The molecule has 51 valence electrons. The summed E-state index contributed by atoms with van der Waals surface area (Å²) in [6.45, 7) is 0. The number of hydrogen-bond acceptors (Lipinski definition) is 4. The summed E-state index contributed by atoms with van der Waals surface area (Å²) in [5, 5.41) is 10.0. The maximum absolute atomic E-state index is 10.0. The molecule has 1 rings (SSSR count). The molecule has 1 radical (unpaired) electrons. The summed E-state index contributed by atoms with van der Waals surface area (Å²) in [6.07, 6.45) is 3.48. The Morgan fingerprint density at radius 2 is 2.50 bits per heavy atom. The molecule has 0 aromatic carbocycles. The number of nitrogen functional groups attached to an aromatic ring is 1. The van der Waals surface area contributed by atoms with Gasteiger partial charge in [-0.1, -0.05) is 0 Å². The first-order valence-corrected chi connectivity index (χ1v) is 2.48. The Bertz CT molecular complexity index is 261. The normalized spacial score (nSPS) is 9.20. The van der Waals surface area contributed by atoms with Crippen LogP contribution < -0.4 is 5.73 Å². The quantitative estimate of drug-likeness (QED) is 0.449. The lowest BCUT2D eigenvalue weighted by molar-refractivity contribution is -0.385. The van der Waals surface area contributed by atoms with Gasteiger partial charge in [-0.05, 0) is 0 Å². The number of nitrogens with two attached hydrogens (primary N) is 1. The Kier molecular flexibility index (Phi) is 1.49. The molecule has 0 aliphatic carbocycles. The third-order valence-corrected chi connectivity index (χ3v) is 0.893. The van der Waals surface area contributed by atoms with Gasteiger partial charge in [-0.25, -0.2) is 4.98 Å². The van der Waals surface area contributed by atoms with Gasteiger partial charge in [0, 0.05) is 6.07 Å². The molecule has 0 aliphatic heterocycles. The van der Waals surface area contributed by atoms with Gasteiger partial charge in [0.2, 0.25) is 0 Å². The fourth-order valence-corrected chi connectivity index (χ4v) is 0.494. The average Bonchev–Trinajstić information content (AvgIpc) is 1.88. The molecule has 0 bridgehead atoms. The molecule has 0 saturated carbocycles. The van der Waals surface area contributed by atoms with Gasteiger partial charge in [0.05, 0.1) is 16.8 Å². The van der Waals surface area contributed by atoms with Gasteiger partial charge in [-0.2, -0.15) is 0 Å². The van der Waals surface area contributed by atoms with Crippen LogP contribution in [0.25, 0.3) is 0 Å². The van der Waals surface area contributed by atoms with E-state index in [1.807, 2.05) is 0 Å². The number of nitrogens with zero attached hydrogens (tertiary/aromatic N) is 2. The van der Waals surface area contributed by atoms with Gasteiger partial charge in [0.1, 0.15) is 0 Å². The minimum absolute atomic E-state index is 0.208. The van der Waals surface area contributed by atoms with E-state index >= 15 is 0 Å². The summed E-state index contributed by atoms with van der Waals surface area (Å²) in [4.78, 5) is 12.9. The van der Waals surface area contributed by atoms with E-state index in [0.717, 1.165) is 0 Å². The van der Waals surface area contributed by atoms with E-state index in [2.05, 4.69) is 11.2 Å². The van der Waals surface area contributed by atoms with Crippen LogP contribution in [0.1, 0.15) is 0 Å². The third kappa shape index (κ3) is 1.19. The lowest BCUT2D eigenvalue weighted by atomic mass is 10.4. The number of aromatic nitrogens is 1. The molecule has 0 unspecified atom stereocenters. The van der Waals surface area contributed by atoms with Crippen molar-refractivity contribution in [3.63, 3.8) is 0 Å². The van der Waals surface area contributed by atoms with Gasteiger partial charge >= 0.3 is 0 Å². The maximum atomic E-state index is 10.0. The van der Waals surface area contributed by atoms with E-state index < -0.39 is 4.92 Å². The van der Waals surface area contributed by atoms with Crippen LogP contribution in [0.4, 0.5) is 11.4 Å². The smallest absolute Gasteiger partial charge is 0.299 e. The lowest BCUT2D eigenvalue weighted by Gasteiger charge is -1.89. The Hall–Kier alpha value is -1.65. The predicted molar refractivity (Wildman–Crippen MR) is 34.1 cm³/mol. The van der Waals surface area contributed by atoms with Crippen LogP contribution in [0.15, 0.2) is 12.3 Å². The van der Waals surface area contributed by atoms with Gasteiger partial charge < -0.3 is 5.73 Å². The summed E-state index contributed by atoms with van der Waals surface area (Å²) < 4.78 is 0. The Morgan fingerprint density at radius 3 is 2.90 bits per heavy atom. The molecule has 1 heterocycles. The van der Waals surface area contributed by atoms with Gasteiger partial charge in [0.15, 0.2) is 6.20 Å². The predicted octanol–water partition coefficient (Wildman–Crippen LogP) is 0.372. The first-order chi connectivity index (χ1) is 4.70. The first kappa shape index (κ1) is 6.47. The number of pyridine rings is 1. The van der Waals surface area contributed by atoms with Crippen molar-refractivity contribution in [2.75, 3.05) is 5.73 Å². The molecule has 5 heteroatoms. The molecule has 0 amide bonds. The topological polar surface area (TPSA) is 82.0 Å². The fourth-order valence-electron chi connectivity index (χ4n) is 0.494. The van der Waals surface area contributed by atoms with Crippen molar-refractivity contribution in [3.8, 4) is 0 Å². The zero-order chi connectivity index (χ0) is 7.56. The largest absolute Gasteiger partial charge is 0.397 e. The van der Waals surface area contributed by atoms with Crippen molar-refractivity contribution >= 4 is 11.4 Å². The molecule has 0 spiro atoms. The monoisotopic (exact) mass is 138 g/mol. The Labute approximate surface area is 56.6 Å². The summed E-state index contributed by atoms with van der Waals surface area (Å²) in [5.74, 6) is 0. The zero-order valence-electron chi connectivity index (χ0n) is 4.94. The molecular weight excluding hydrogens is 134 g/mol. The summed E-state index contributed by atoms with van der Waals surface area (Å²) >= 11 is 0. The second-order valence-electron chi connectivity index (χ2n) is 1.66. The maximum Gasteiger partial charge on any atom is 0.299 e. The van der Waals surface area contributed by atoms with E-state index in [1.54, 1.807) is 0 Å². The standard InChI is InChI=1S/C5H4N3O2/c6-4-1-5(8(9)10)3-7-2-4/h1-2H,6H2. The van der Waals surface area contributed by atoms with Crippen molar-refractivity contribution in [1.82, 2.24) is 4.98 Å². The number of nitro groups is 1. The van der Waals surface area contributed by atoms with Crippen LogP contribution in [0.3, 0.4) is 0 Å². The van der Waals surface area contributed by atoms with Gasteiger partial charge in [0.25, 0.3) is 5.69 Å². The van der Waals surface area contributed by atoms with Crippen molar-refractivity contribution in [2.45, 2.75) is 0 Å². The van der Waals surface area contributed by atoms with Crippen molar-refractivity contribution in [3.05, 3.63) is 28.6 Å². The second kappa shape index (κ2) is 2.30. The molecule has 1 aromatic heterocycles. The molecule has 5 nitrogen and oxygen atoms in total. The molecule has 0 fully saturated rings. The summed E-state index contributed by atoms with van der Waals surface area (Å²) in [7, 11) is 0. The number of anilines is 1. The molecule has 0 saturated heterocycles. The van der Waals surface area contributed by atoms with E-state index in [4.69, 9.17) is 5.73 Å². The van der Waals surface area contributed by atoms with Crippen LogP contribution in [0.5, 0.6) is 0 Å². The zero-order valence-corrected chi connectivity index (χ0v) is 4.94. The second-order valence-corrected chi connectivity index (χ2v) is 1.66. The summed E-state index contributed by atoms with van der Waals surface area (Å²) in [6, 6.07) is 1.20. The highest BCUT2D eigenvalue weighted by atomic mass is 16.6. The van der Waals surface area contributed by atoms with Crippen molar-refractivity contribution < 1.29 is 4.92 Å². The number of rotatable bonds is 1. The van der Waals surface area contributed by atoms with Crippen molar-refractivity contribution in [1.29, 1.82) is 0 Å². The van der Waals surface area contributed by atoms with Gasteiger partial charge in [-0.15, -0.1) is 0 Å². The van der Waals surface area contributed by atoms with E-state index in [9.17, 15) is 10.1 Å². The highest BCUT2D eigenvalue weighted by Crippen LogP contribution is 2.10. The SMILES string of the molecule is Nc1cn[c]c([N+](=O)[O-])c1. The summed E-state index contributed by atoms with van der Waals surface area (Å²) in [5.41, 5.74) is 5.27. The minimum Gasteiger partial charge on any atom is -0.397 e. The molecule has 1 aromatic rings. The first-order valence-electron chi connectivity index (χ1n) is 2.48. The van der Waals surface area contributed by atoms with E-state index in [0.29, 0.717) is 0 Å². The van der Waals surface area contributed by atoms with Crippen LogP contribution in [0.2, 0.25) is 0 Å². The molecule has 10 heavy (non-hydrogen) atoms. The lowest BCUT2D eigenvalue weighted by Crippen LogP contribution is -1.92.